The van der Waals surface area contributed by atoms with Gasteiger partial charge in [-0.2, -0.15) is 0 Å². The van der Waals surface area contributed by atoms with Crippen molar-refractivity contribution in [1.29, 1.82) is 0 Å². The summed E-state index contributed by atoms with van der Waals surface area (Å²) in [4.78, 5) is 12.6. The normalized spacial score (nSPS) is 10.3. The van der Waals surface area contributed by atoms with Gasteiger partial charge in [0.15, 0.2) is 11.5 Å². The molecule has 0 bridgehead atoms. The van der Waals surface area contributed by atoms with E-state index in [-0.39, 0.29) is 0 Å². The number of methoxy groups -OCH3 is 3. The number of nitrogens with one attached hydrogen (secondary N) is 1. The second-order valence-electron chi connectivity index (χ2n) is 5.17. The van der Waals surface area contributed by atoms with Gasteiger partial charge in [0, 0.05) is 35.6 Å². The summed E-state index contributed by atoms with van der Waals surface area (Å²) < 4.78 is 16.1. The van der Waals surface area contributed by atoms with Gasteiger partial charge >= 0.3 is 0 Å². The average molecular weight is 373 g/mol. The summed E-state index contributed by atoms with van der Waals surface area (Å²) in [6, 6.07) is 9.02. The fraction of sp³-hybridized carbons (Fsp3) is 0.167. The molecule has 2 heterocycles. The first-order valence-electron chi connectivity index (χ1n) is 7.66. The number of pyridine rings is 1. The molecule has 0 atom stereocenters. The maximum absolute atomic E-state index is 6.14. The van der Waals surface area contributed by atoms with E-state index in [4.69, 9.17) is 25.8 Å². The zero-order valence-electron chi connectivity index (χ0n) is 14.5. The van der Waals surface area contributed by atoms with E-state index >= 15 is 0 Å². The van der Waals surface area contributed by atoms with Crippen LogP contribution in [0.1, 0.15) is 0 Å². The lowest BCUT2D eigenvalue weighted by Gasteiger charge is -2.15. The molecule has 0 saturated carbocycles. The number of rotatable bonds is 6. The van der Waals surface area contributed by atoms with Crippen LogP contribution in [0.4, 0.5) is 11.5 Å². The van der Waals surface area contributed by atoms with Crippen LogP contribution in [-0.2, 0) is 0 Å². The van der Waals surface area contributed by atoms with Crippen molar-refractivity contribution in [2.75, 3.05) is 26.6 Å². The Kier molecular flexibility index (Phi) is 5.38. The van der Waals surface area contributed by atoms with Gasteiger partial charge < -0.3 is 19.5 Å². The molecular weight excluding hydrogens is 356 g/mol. The monoisotopic (exact) mass is 372 g/mol. The van der Waals surface area contributed by atoms with Gasteiger partial charge in [-0.3, -0.25) is 0 Å². The molecule has 26 heavy (non-hydrogen) atoms. The van der Waals surface area contributed by atoms with E-state index in [1.807, 2.05) is 6.07 Å². The zero-order valence-corrected chi connectivity index (χ0v) is 15.2. The Hall–Kier alpha value is -3.06. The van der Waals surface area contributed by atoms with Crippen LogP contribution in [0.3, 0.4) is 0 Å². The number of hydrogen-bond donors (Lipinski definition) is 1. The molecule has 2 aromatic heterocycles. The fourth-order valence-corrected chi connectivity index (χ4v) is 2.67. The molecule has 1 N–H and O–H groups in total. The van der Waals surface area contributed by atoms with Gasteiger partial charge in [-0.1, -0.05) is 11.6 Å². The maximum Gasteiger partial charge on any atom is 0.203 e. The van der Waals surface area contributed by atoms with E-state index in [0.717, 1.165) is 11.3 Å². The minimum atomic E-state index is 0.380. The minimum absolute atomic E-state index is 0.380. The fourth-order valence-electron chi connectivity index (χ4n) is 2.45. The number of nitrogens with zero attached hydrogens (tertiary/aromatic N) is 3. The predicted octanol–water partition coefficient (Wildman–Crippen LogP) is 3.96. The van der Waals surface area contributed by atoms with Gasteiger partial charge in [0.2, 0.25) is 5.75 Å². The number of benzene rings is 1. The van der Waals surface area contributed by atoms with Gasteiger partial charge in [0.25, 0.3) is 0 Å². The summed E-state index contributed by atoms with van der Waals surface area (Å²) in [5.74, 6) is 2.19. The lowest BCUT2D eigenvalue weighted by Crippen LogP contribution is -1.99. The maximum atomic E-state index is 6.14. The Morgan fingerprint density at radius 3 is 2.27 bits per heavy atom. The van der Waals surface area contributed by atoms with Crippen LogP contribution < -0.4 is 19.5 Å². The van der Waals surface area contributed by atoms with Crippen LogP contribution in [0.2, 0.25) is 5.15 Å². The molecule has 0 spiro atoms. The molecule has 0 radical (unpaired) electrons. The smallest absolute Gasteiger partial charge is 0.203 e. The van der Waals surface area contributed by atoms with Crippen LogP contribution in [0.25, 0.3) is 11.3 Å². The Labute approximate surface area is 155 Å². The molecule has 0 aliphatic rings. The van der Waals surface area contributed by atoms with Crippen LogP contribution in [0.5, 0.6) is 17.2 Å². The Balaban J connectivity index is 1.95. The van der Waals surface area contributed by atoms with Gasteiger partial charge in [-0.15, -0.1) is 0 Å². The van der Waals surface area contributed by atoms with E-state index < -0.39 is 0 Å². The van der Waals surface area contributed by atoms with Crippen molar-refractivity contribution in [3.05, 3.63) is 48.0 Å². The van der Waals surface area contributed by atoms with Gasteiger partial charge in [0.1, 0.15) is 17.3 Å². The molecule has 1 aromatic carbocycles. The topological polar surface area (TPSA) is 78.4 Å². The minimum Gasteiger partial charge on any atom is -0.493 e. The summed E-state index contributed by atoms with van der Waals surface area (Å²) in [6.45, 7) is 0. The van der Waals surface area contributed by atoms with Crippen LogP contribution in [-0.4, -0.2) is 36.3 Å². The van der Waals surface area contributed by atoms with Crippen LogP contribution in [0, 0.1) is 0 Å². The highest BCUT2D eigenvalue weighted by atomic mass is 35.5. The quantitative estimate of drug-likeness (QED) is 0.656. The predicted molar refractivity (Wildman–Crippen MR) is 99.7 cm³/mol. The summed E-state index contributed by atoms with van der Waals surface area (Å²) in [5, 5.41) is 3.58. The number of anilines is 2. The highest BCUT2D eigenvalue weighted by Crippen LogP contribution is 2.40. The second kappa shape index (κ2) is 7.88. The van der Waals surface area contributed by atoms with Gasteiger partial charge in [-0.05, 0) is 12.1 Å². The Bertz CT molecular complexity index is 895. The third-order valence-corrected chi connectivity index (χ3v) is 3.94. The Morgan fingerprint density at radius 1 is 0.923 bits per heavy atom. The van der Waals surface area contributed by atoms with Crippen molar-refractivity contribution in [3.8, 4) is 28.5 Å². The molecule has 3 rings (SSSR count). The molecule has 134 valence electrons. The molecule has 3 aromatic rings. The van der Waals surface area contributed by atoms with Crippen molar-refractivity contribution in [3.63, 3.8) is 0 Å². The van der Waals surface area contributed by atoms with Crippen LogP contribution in [0.15, 0.2) is 42.9 Å². The third-order valence-electron chi connectivity index (χ3n) is 3.64. The molecular formula is C18H17ClN4O3. The number of hydrogen-bond acceptors (Lipinski definition) is 7. The van der Waals surface area contributed by atoms with E-state index in [9.17, 15) is 0 Å². The zero-order chi connectivity index (χ0) is 18.5. The van der Waals surface area contributed by atoms with E-state index in [1.165, 1.54) is 6.33 Å². The molecule has 0 fully saturated rings. The summed E-state index contributed by atoms with van der Waals surface area (Å²) in [5.41, 5.74) is 2.11. The van der Waals surface area contributed by atoms with Gasteiger partial charge in [0.05, 0.1) is 27.0 Å². The number of ether oxygens (including phenoxy) is 3. The molecule has 0 aliphatic carbocycles. The summed E-state index contributed by atoms with van der Waals surface area (Å²) in [7, 11) is 4.68. The molecule has 0 unspecified atom stereocenters. The van der Waals surface area contributed by atoms with Crippen molar-refractivity contribution in [2.45, 2.75) is 0 Å². The lowest BCUT2D eigenvalue weighted by atomic mass is 10.2. The van der Waals surface area contributed by atoms with Crippen molar-refractivity contribution >= 4 is 23.1 Å². The highest BCUT2D eigenvalue weighted by molar-refractivity contribution is 6.32. The standard InChI is InChI=1S/C18H17ClN4O3/c1-24-14-7-11(8-15(25-2)17(14)26-3)23-16-9-13(21-10-22-16)12-5-4-6-20-18(12)19/h4-10H,1-3H3,(H,21,22,23). The molecule has 0 aliphatic heterocycles. The summed E-state index contributed by atoms with van der Waals surface area (Å²) >= 11 is 6.14. The largest absolute Gasteiger partial charge is 0.493 e. The highest BCUT2D eigenvalue weighted by Gasteiger charge is 2.14. The number of aromatic nitrogens is 3. The lowest BCUT2D eigenvalue weighted by molar-refractivity contribution is 0.324. The van der Waals surface area contributed by atoms with Gasteiger partial charge in [-0.25, -0.2) is 15.0 Å². The molecule has 0 saturated heterocycles. The first-order chi connectivity index (χ1) is 12.7. The Morgan fingerprint density at radius 2 is 1.65 bits per heavy atom. The average Bonchev–Trinajstić information content (AvgIpc) is 2.67. The number of halogens is 1. The summed E-state index contributed by atoms with van der Waals surface area (Å²) in [6.07, 6.45) is 3.08. The van der Waals surface area contributed by atoms with Crippen molar-refractivity contribution < 1.29 is 14.2 Å². The molecule has 8 heteroatoms. The molecule has 0 amide bonds. The first-order valence-corrected chi connectivity index (χ1v) is 8.04. The van der Waals surface area contributed by atoms with Crippen molar-refractivity contribution in [2.24, 2.45) is 0 Å². The SMILES string of the molecule is COc1cc(Nc2cc(-c3cccnc3Cl)ncn2)cc(OC)c1OC. The first kappa shape index (κ1) is 17.8. The van der Waals surface area contributed by atoms with E-state index in [0.29, 0.717) is 33.9 Å². The second-order valence-corrected chi connectivity index (χ2v) is 5.53. The van der Waals surface area contributed by atoms with E-state index in [2.05, 4.69) is 20.3 Å². The van der Waals surface area contributed by atoms with Crippen molar-refractivity contribution in [1.82, 2.24) is 15.0 Å². The van der Waals surface area contributed by atoms with E-state index in [1.54, 1.807) is 51.8 Å². The van der Waals surface area contributed by atoms with Crippen LogP contribution >= 0.6 is 11.6 Å². The molecule has 7 nitrogen and oxygen atoms in total. The third kappa shape index (κ3) is 3.62.